The third-order valence-corrected chi connectivity index (χ3v) is 2.96. The Morgan fingerprint density at radius 3 is 2.93 bits per heavy atom. The largest absolute Gasteiger partial charge is 0.454 e. The van der Waals surface area contributed by atoms with Gasteiger partial charge in [-0.15, -0.1) is 0 Å². The third kappa shape index (κ3) is 1.79. The van der Waals surface area contributed by atoms with E-state index >= 15 is 0 Å². The second kappa shape index (κ2) is 4.11. The molecule has 3 heteroatoms. The number of rotatable bonds is 3. The van der Waals surface area contributed by atoms with Gasteiger partial charge in [-0.25, -0.2) is 0 Å². The van der Waals surface area contributed by atoms with Gasteiger partial charge in [0.1, 0.15) is 0 Å². The van der Waals surface area contributed by atoms with Crippen molar-refractivity contribution in [1.29, 1.82) is 0 Å². The molecule has 0 fully saturated rings. The molecule has 0 bridgehead atoms. The molecule has 1 aliphatic rings. The zero-order chi connectivity index (χ0) is 10.8. The molecule has 82 valence electrons. The van der Waals surface area contributed by atoms with Crippen molar-refractivity contribution in [1.82, 2.24) is 0 Å². The number of hydrogen-bond donors (Lipinski definition) is 1. The number of benzene rings is 1. The minimum Gasteiger partial charge on any atom is -0.454 e. The lowest BCUT2D eigenvalue weighted by atomic mass is 9.93. The minimum atomic E-state index is 0.338. The van der Waals surface area contributed by atoms with Crippen LogP contribution in [0.4, 0.5) is 0 Å². The highest BCUT2D eigenvalue weighted by molar-refractivity contribution is 5.52. The second-order valence-corrected chi connectivity index (χ2v) is 3.99. The van der Waals surface area contributed by atoms with Gasteiger partial charge in [-0.1, -0.05) is 13.0 Å². The van der Waals surface area contributed by atoms with Gasteiger partial charge in [-0.2, -0.15) is 0 Å². The second-order valence-electron chi connectivity index (χ2n) is 3.99. The maximum absolute atomic E-state index is 5.57. The Morgan fingerprint density at radius 2 is 2.20 bits per heavy atom. The van der Waals surface area contributed by atoms with E-state index < -0.39 is 0 Å². The Bertz CT molecular complexity index is 363. The van der Waals surface area contributed by atoms with E-state index in [9.17, 15) is 0 Å². The molecule has 0 aliphatic carbocycles. The normalized spacial score (nSPS) is 15.4. The van der Waals surface area contributed by atoms with Gasteiger partial charge in [0.25, 0.3) is 0 Å². The molecule has 2 N–H and O–H groups in total. The smallest absolute Gasteiger partial charge is 0.231 e. The molecule has 3 nitrogen and oxygen atoms in total. The van der Waals surface area contributed by atoms with Gasteiger partial charge in [0.05, 0.1) is 0 Å². The lowest BCUT2D eigenvalue weighted by molar-refractivity contribution is 0.173. The molecule has 2 rings (SSSR count). The summed E-state index contributed by atoms with van der Waals surface area (Å²) in [6.07, 6.45) is 1.00. The van der Waals surface area contributed by atoms with E-state index in [4.69, 9.17) is 15.2 Å². The average Bonchev–Trinajstić information content (AvgIpc) is 2.67. The van der Waals surface area contributed by atoms with Crippen LogP contribution in [0.15, 0.2) is 12.1 Å². The Hall–Kier alpha value is -1.22. The van der Waals surface area contributed by atoms with Gasteiger partial charge >= 0.3 is 0 Å². The van der Waals surface area contributed by atoms with Crippen LogP contribution in [0.3, 0.4) is 0 Å². The Kier molecular flexibility index (Phi) is 2.82. The highest BCUT2D eigenvalue weighted by Crippen LogP contribution is 2.39. The van der Waals surface area contributed by atoms with E-state index in [1.165, 1.54) is 11.1 Å². The van der Waals surface area contributed by atoms with Gasteiger partial charge < -0.3 is 15.2 Å². The monoisotopic (exact) mass is 207 g/mol. The van der Waals surface area contributed by atoms with Crippen molar-refractivity contribution in [2.75, 3.05) is 13.3 Å². The predicted molar refractivity (Wildman–Crippen MR) is 59.4 cm³/mol. The molecule has 1 aliphatic heterocycles. The molecule has 0 aromatic heterocycles. The van der Waals surface area contributed by atoms with Crippen LogP contribution in [-0.2, 0) is 0 Å². The molecule has 0 spiro atoms. The predicted octanol–water partition coefficient (Wildman–Crippen LogP) is 2.18. The van der Waals surface area contributed by atoms with Crippen molar-refractivity contribution in [2.45, 2.75) is 26.2 Å². The summed E-state index contributed by atoms with van der Waals surface area (Å²) in [6, 6.07) is 4.10. The van der Waals surface area contributed by atoms with E-state index in [1.54, 1.807) is 0 Å². The lowest BCUT2D eigenvalue weighted by Gasteiger charge is -2.14. The number of nitrogens with two attached hydrogens (primary N) is 1. The van der Waals surface area contributed by atoms with E-state index in [2.05, 4.69) is 19.9 Å². The fourth-order valence-electron chi connectivity index (χ4n) is 2.07. The quantitative estimate of drug-likeness (QED) is 0.826. The summed E-state index contributed by atoms with van der Waals surface area (Å²) in [6.45, 7) is 5.33. The van der Waals surface area contributed by atoms with Gasteiger partial charge in [-0.3, -0.25) is 0 Å². The van der Waals surface area contributed by atoms with Crippen molar-refractivity contribution in [3.05, 3.63) is 23.3 Å². The summed E-state index contributed by atoms with van der Waals surface area (Å²) in [5.74, 6) is 2.23. The lowest BCUT2D eigenvalue weighted by Crippen LogP contribution is -2.06. The summed E-state index contributed by atoms with van der Waals surface area (Å²) < 4.78 is 10.8. The van der Waals surface area contributed by atoms with Crippen molar-refractivity contribution in [3.63, 3.8) is 0 Å². The Balaban J connectivity index is 2.33. The summed E-state index contributed by atoms with van der Waals surface area (Å²) in [7, 11) is 0. The fraction of sp³-hybridized carbons (Fsp3) is 0.500. The first-order chi connectivity index (χ1) is 7.24. The Morgan fingerprint density at radius 1 is 1.40 bits per heavy atom. The molecular weight excluding hydrogens is 190 g/mol. The molecule has 0 saturated heterocycles. The van der Waals surface area contributed by atoms with Crippen LogP contribution in [0.5, 0.6) is 11.5 Å². The summed E-state index contributed by atoms with van der Waals surface area (Å²) >= 11 is 0. The van der Waals surface area contributed by atoms with Gasteiger partial charge in [0.2, 0.25) is 6.79 Å². The van der Waals surface area contributed by atoms with E-state index in [0.29, 0.717) is 12.7 Å². The topological polar surface area (TPSA) is 44.5 Å². The summed E-state index contributed by atoms with van der Waals surface area (Å²) in [4.78, 5) is 0. The molecule has 0 amide bonds. The fourth-order valence-corrected chi connectivity index (χ4v) is 2.07. The minimum absolute atomic E-state index is 0.338. The maximum Gasteiger partial charge on any atom is 0.231 e. The number of fused-ring (bicyclic) bond motifs is 1. The molecule has 15 heavy (non-hydrogen) atoms. The first kappa shape index (κ1) is 10.3. The van der Waals surface area contributed by atoms with Gasteiger partial charge in [0.15, 0.2) is 11.5 Å². The number of ether oxygens (including phenoxy) is 2. The highest BCUT2D eigenvalue weighted by Gasteiger charge is 2.19. The van der Waals surface area contributed by atoms with Crippen LogP contribution in [0.1, 0.15) is 30.4 Å². The molecule has 1 aromatic carbocycles. The van der Waals surface area contributed by atoms with E-state index in [1.807, 2.05) is 6.07 Å². The molecule has 1 aromatic rings. The van der Waals surface area contributed by atoms with Crippen molar-refractivity contribution < 1.29 is 9.47 Å². The first-order valence-corrected chi connectivity index (χ1v) is 5.33. The highest BCUT2D eigenvalue weighted by atomic mass is 16.7. The van der Waals surface area contributed by atoms with Gasteiger partial charge in [0, 0.05) is 0 Å². The molecule has 0 saturated carbocycles. The van der Waals surface area contributed by atoms with Crippen LogP contribution < -0.4 is 15.2 Å². The van der Waals surface area contributed by atoms with E-state index in [-0.39, 0.29) is 0 Å². The standard InChI is InChI=1S/C12H17NO2/c1-8(5-6-13)10-3-4-11-12(9(10)2)15-7-14-11/h3-4,8H,5-7,13H2,1-2H3. The van der Waals surface area contributed by atoms with E-state index in [0.717, 1.165) is 24.5 Å². The van der Waals surface area contributed by atoms with Crippen LogP contribution in [0.2, 0.25) is 0 Å². The molecule has 1 heterocycles. The molecule has 0 radical (unpaired) electrons. The average molecular weight is 207 g/mol. The summed E-state index contributed by atoms with van der Waals surface area (Å²) in [5.41, 5.74) is 8.07. The zero-order valence-electron chi connectivity index (χ0n) is 9.25. The molecule has 1 atom stereocenters. The number of hydrogen-bond acceptors (Lipinski definition) is 3. The first-order valence-electron chi connectivity index (χ1n) is 5.33. The van der Waals surface area contributed by atoms with Crippen LogP contribution in [0.25, 0.3) is 0 Å². The van der Waals surface area contributed by atoms with Crippen molar-refractivity contribution in [2.24, 2.45) is 5.73 Å². The van der Waals surface area contributed by atoms with Crippen molar-refractivity contribution in [3.8, 4) is 11.5 Å². The van der Waals surface area contributed by atoms with Gasteiger partial charge in [-0.05, 0) is 43.0 Å². The Labute approximate surface area is 90.2 Å². The molecule has 1 unspecified atom stereocenters. The molecular formula is C12H17NO2. The van der Waals surface area contributed by atoms with Crippen LogP contribution >= 0.6 is 0 Å². The van der Waals surface area contributed by atoms with Crippen LogP contribution in [-0.4, -0.2) is 13.3 Å². The zero-order valence-corrected chi connectivity index (χ0v) is 9.25. The third-order valence-electron chi connectivity index (χ3n) is 2.96. The SMILES string of the molecule is Cc1c(C(C)CCN)ccc2c1OCO2. The van der Waals surface area contributed by atoms with Crippen LogP contribution in [0, 0.1) is 6.92 Å². The van der Waals surface area contributed by atoms with Crippen molar-refractivity contribution >= 4 is 0 Å². The summed E-state index contributed by atoms with van der Waals surface area (Å²) in [5, 5.41) is 0. The maximum atomic E-state index is 5.57.